The zero-order chi connectivity index (χ0) is 19.8. The molecule has 5 nitrogen and oxygen atoms in total. The lowest BCUT2D eigenvalue weighted by molar-refractivity contribution is -0.141. The van der Waals surface area contributed by atoms with Crippen molar-refractivity contribution in [2.24, 2.45) is 0 Å². The Kier molecular flexibility index (Phi) is 5.20. The molecule has 1 aromatic carbocycles. The molecule has 0 spiro atoms. The van der Waals surface area contributed by atoms with Crippen LogP contribution in [0, 0.1) is 11.6 Å². The van der Waals surface area contributed by atoms with E-state index in [4.69, 9.17) is 0 Å². The van der Waals surface area contributed by atoms with E-state index >= 15 is 0 Å². The Bertz CT molecular complexity index is 1020. The van der Waals surface area contributed by atoms with Crippen molar-refractivity contribution in [1.82, 2.24) is 14.3 Å². The lowest BCUT2D eigenvalue weighted by Crippen LogP contribution is -2.20. The summed E-state index contributed by atoms with van der Waals surface area (Å²) in [5.74, 6) is -3.36. The molecule has 0 fully saturated rings. The van der Waals surface area contributed by atoms with E-state index in [0.29, 0.717) is 11.5 Å². The van der Waals surface area contributed by atoms with Crippen LogP contribution < -0.4 is 5.32 Å². The van der Waals surface area contributed by atoms with Crippen molar-refractivity contribution in [3.63, 3.8) is 0 Å². The fourth-order valence-electron chi connectivity index (χ4n) is 2.09. The number of benzene rings is 1. The number of amides is 1. The van der Waals surface area contributed by atoms with E-state index in [1.807, 2.05) is 0 Å². The second kappa shape index (κ2) is 7.27. The largest absolute Gasteiger partial charge is 0.434 e. The van der Waals surface area contributed by atoms with E-state index in [1.165, 1.54) is 6.07 Å². The third-order valence-electron chi connectivity index (χ3n) is 3.23. The summed E-state index contributed by atoms with van der Waals surface area (Å²) in [6.45, 7) is 0. The number of pyridine rings is 1. The highest BCUT2D eigenvalue weighted by molar-refractivity contribution is 9.10. The summed E-state index contributed by atoms with van der Waals surface area (Å²) in [6, 6.07) is 4.26. The summed E-state index contributed by atoms with van der Waals surface area (Å²) in [5, 5.41) is 1.89. The van der Waals surface area contributed by atoms with Crippen molar-refractivity contribution in [2.45, 2.75) is 6.18 Å². The third kappa shape index (κ3) is 3.95. The molecule has 0 saturated carbocycles. The molecule has 0 atom stereocenters. The number of alkyl halides is 3. The zero-order valence-electron chi connectivity index (χ0n) is 12.8. The van der Waals surface area contributed by atoms with Crippen LogP contribution in [0.15, 0.2) is 34.9 Å². The lowest BCUT2D eigenvalue weighted by atomic mass is 10.1. The first-order valence-corrected chi connectivity index (χ1v) is 8.56. The quantitative estimate of drug-likeness (QED) is 0.441. The molecule has 140 valence electrons. The topological polar surface area (TPSA) is 67.8 Å². The van der Waals surface area contributed by atoms with Gasteiger partial charge >= 0.3 is 6.18 Å². The number of carbonyl (C=O) groups is 1. The number of halogens is 6. The van der Waals surface area contributed by atoms with Gasteiger partial charge < -0.3 is 0 Å². The summed E-state index contributed by atoms with van der Waals surface area (Å²) in [5.41, 5.74) is -2.61. The van der Waals surface area contributed by atoms with Crippen LogP contribution in [0.3, 0.4) is 0 Å². The molecular formula is C15H6BrF5N4OS. The average molecular weight is 465 g/mol. The van der Waals surface area contributed by atoms with Gasteiger partial charge in [-0.2, -0.15) is 22.5 Å². The molecule has 1 amide bonds. The van der Waals surface area contributed by atoms with Gasteiger partial charge in [0.2, 0.25) is 5.13 Å². The van der Waals surface area contributed by atoms with Crippen LogP contribution in [0.2, 0.25) is 0 Å². The van der Waals surface area contributed by atoms with Crippen molar-refractivity contribution in [2.75, 3.05) is 5.32 Å². The van der Waals surface area contributed by atoms with Crippen LogP contribution >= 0.6 is 27.5 Å². The number of nitrogens with zero attached hydrogens (tertiary/aromatic N) is 3. The summed E-state index contributed by atoms with van der Waals surface area (Å²) in [7, 11) is 0. The molecule has 0 unspecified atom stereocenters. The molecule has 0 saturated heterocycles. The van der Waals surface area contributed by atoms with Crippen LogP contribution in [0.25, 0.3) is 11.4 Å². The number of hydrogen-bond donors (Lipinski definition) is 1. The van der Waals surface area contributed by atoms with Crippen molar-refractivity contribution >= 4 is 38.5 Å². The van der Waals surface area contributed by atoms with Gasteiger partial charge in [0, 0.05) is 17.7 Å². The standard InChI is InChI=1S/C15H6BrF5N4OS/c16-7-3-4-8(17)9(10(7)18)12-23-14(27-25-12)24-13(26)6-2-1-5-22-11(6)15(19,20)21/h1-5H,(H,23,24,25,26). The van der Waals surface area contributed by atoms with E-state index in [0.717, 1.165) is 24.4 Å². The van der Waals surface area contributed by atoms with Crippen molar-refractivity contribution in [1.29, 1.82) is 0 Å². The molecule has 0 bridgehead atoms. The number of anilines is 1. The molecule has 0 aliphatic carbocycles. The van der Waals surface area contributed by atoms with Gasteiger partial charge in [-0.1, -0.05) is 0 Å². The molecule has 12 heteroatoms. The van der Waals surface area contributed by atoms with Gasteiger partial charge in [0.05, 0.1) is 15.6 Å². The minimum absolute atomic E-state index is 0.0236. The number of nitrogens with one attached hydrogen (secondary N) is 1. The fourth-order valence-corrected chi connectivity index (χ4v) is 2.99. The fraction of sp³-hybridized carbons (Fsp3) is 0.0667. The maximum Gasteiger partial charge on any atom is 0.434 e. The molecular weight excluding hydrogens is 459 g/mol. The Hall–Kier alpha value is -2.47. The van der Waals surface area contributed by atoms with Gasteiger partial charge in [0.15, 0.2) is 17.3 Å². The summed E-state index contributed by atoms with van der Waals surface area (Å²) in [6.07, 6.45) is -3.93. The molecule has 1 N–H and O–H groups in total. The summed E-state index contributed by atoms with van der Waals surface area (Å²) < 4.78 is 70.5. The molecule has 0 radical (unpaired) electrons. The van der Waals surface area contributed by atoms with Gasteiger partial charge in [0.1, 0.15) is 5.82 Å². The van der Waals surface area contributed by atoms with Gasteiger partial charge in [-0.25, -0.2) is 8.78 Å². The maximum atomic E-state index is 14.1. The molecule has 3 aromatic rings. The van der Waals surface area contributed by atoms with Gasteiger partial charge in [0.25, 0.3) is 5.91 Å². The van der Waals surface area contributed by atoms with E-state index in [9.17, 15) is 26.7 Å². The minimum Gasteiger partial charge on any atom is -0.297 e. The molecule has 2 heterocycles. The van der Waals surface area contributed by atoms with E-state index in [1.54, 1.807) is 0 Å². The van der Waals surface area contributed by atoms with E-state index in [-0.39, 0.29) is 15.4 Å². The average Bonchev–Trinajstić information content (AvgIpc) is 3.06. The molecule has 0 aliphatic rings. The number of carbonyl (C=O) groups excluding carboxylic acids is 1. The van der Waals surface area contributed by atoms with Crippen molar-refractivity contribution in [3.8, 4) is 11.4 Å². The highest BCUT2D eigenvalue weighted by Crippen LogP contribution is 2.32. The van der Waals surface area contributed by atoms with Crippen molar-refractivity contribution in [3.05, 3.63) is 57.8 Å². The molecule has 0 aliphatic heterocycles. The highest BCUT2D eigenvalue weighted by atomic mass is 79.9. The first kappa shape index (κ1) is 19.3. The Balaban J connectivity index is 1.90. The predicted molar refractivity (Wildman–Crippen MR) is 90.2 cm³/mol. The van der Waals surface area contributed by atoms with Crippen LogP contribution in [0.4, 0.5) is 27.1 Å². The van der Waals surface area contributed by atoms with Crippen LogP contribution in [-0.2, 0) is 6.18 Å². The van der Waals surface area contributed by atoms with Gasteiger partial charge in [-0.15, -0.1) is 0 Å². The Morgan fingerprint density at radius 1 is 1.19 bits per heavy atom. The molecule has 27 heavy (non-hydrogen) atoms. The smallest absolute Gasteiger partial charge is 0.297 e. The van der Waals surface area contributed by atoms with Crippen LogP contribution in [0.5, 0.6) is 0 Å². The minimum atomic E-state index is -4.83. The first-order valence-electron chi connectivity index (χ1n) is 6.99. The predicted octanol–water partition coefficient (Wildman–Crippen LogP) is 4.91. The lowest BCUT2D eigenvalue weighted by Gasteiger charge is -2.10. The Labute approximate surface area is 160 Å². The molecule has 3 rings (SSSR count). The van der Waals surface area contributed by atoms with Crippen molar-refractivity contribution < 1.29 is 26.7 Å². The highest BCUT2D eigenvalue weighted by Gasteiger charge is 2.37. The van der Waals surface area contributed by atoms with Gasteiger partial charge in [-0.3, -0.25) is 15.1 Å². The first-order chi connectivity index (χ1) is 12.7. The normalized spacial score (nSPS) is 11.5. The second-order valence-corrected chi connectivity index (χ2v) is 6.60. The number of rotatable bonds is 3. The monoisotopic (exact) mass is 464 g/mol. The number of aromatic nitrogens is 3. The molecule has 2 aromatic heterocycles. The van der Waals surface area contributed by atoms with E-state index < -0.39 is 40.5 Å². The third-order valence-corrected chi connectivity index (χ3v) is 4.48. The number of hydrogen-bond acceptors (Lipinski definition) is 5. The zero-order valence-corrected chi connectivity index (χ0v) is 15.2. The maximum absolute atomic E-state index is 14.1. The van der Waals surface area contributed by atoms with Crippen LogP contribution in [-0.4, -0.2) is 20.2 Å². The summed E-state index contributed by atoms with van der Waals surface area (Å²) >= 11 is 3.47. The second-order valence-electron chi connectivity index (χ2n) is 4.99. The SMILES string of the molecule is O=C(Nc1nc(-c2c(F)ccc(Br)c2F)ns1)c1cccnc1C(F)(F)F. The van der Waals surface area contributed by atoms with Gasteiger partial charge in [-0.05, 0) is 40.2 Å². The Morgan fingerprint density at radius 2 is 1.93 bits per heavy atom. The Morgan fingerprint density at radius 3 is 2.63 bits per heavy atom. The van der Waals surface area contributed by atoms with Crippen LogP contribution in [0.1, 0.15) is 16.1 Å². The summed E-state index contributed by atoms with van der Waals surface area (Å²) in [4.78, 5) is 19.1. The van der Waals surface area contributed by atoms with E-state index in [2.05, 4.69) is 35.6 Å².